The maximum absolute atomic E-state index is 13.9. The Bertz CT molecular complexity index is 531. The van der Waals surface area contributed by atoms with Gasteiger partial charge in [0, 0.05) is 19.2 Å². The summed E-state index contributed by atoms with van der Waals surface area (Å²) in [6.07, 6.45) is 3.95. The summed E-state index contributed by atoms with van der Waals surface area (Å²) < 4.78 is 19.6. The van der Waals surface area contributed by atoms with Crippen molar-refractivity contribution in [3.8, 4) is 0 Å². The largest absolute Gasteiger partial charge is 0.377 e. The number of ether oxygens (including phenoxy) is 1. The van der Waals surface area contributed by atoms with Crippen molar-refractivity contribution in [1.29, 1.82) is 0 Å². The lowest BCUT2D eigenvalue weighted by Gasteiger charge is -2.35. The summed E-state index contributed by atoms with van der Waals surface area (Å²) in [7, 11) is 0. The number of hydrogen-bond acceptors (Lipinski definition) is 3. The van der Waals surface area contributed by atoms with Gasteiger partial charge in [0.2, 0.25) is 5.91 Å². The maximum atomic E-state index is 13.9. The molecule has 2 fully saturated rings. The number of benzene rings is 1. The first-order valence-electron chi connectivity index (χ1n) is 8.10. The van der Waals surface area contributed by atoms with Gasteiger partial charge >= 0.3 is 0 Å². The predicted octanol–water partition coefficient (Wildman–Crippen LogP) is 2.48. The first kappa shape index (κ1) is 15.4. The van der Waals surface area contributed by atoms with Crippen molar-refractivity contribution >= 4 is 11.6 Å². The second-order valence-electron chi connectivity index (χ2n) is 6.14. The van der Waals surface area contributed by atoms with E-state index in [2.05, 4.69) is 12.2 Å². The Hall–Kier alpha value is -1.46. The highest BCUT2D eigenvalue weighted by Crippen LogP contribution is 2.25. The van der Waals surface area contributed by atoms with Crippen molar-refractivity contribution in [2.75, 3.05) is 18.1 Å². The number of carbonyl (C=O) groups excluding carboxylic acids is 1. The standard InChI is InChI=1S/C17H23FN2O2/c1-12(16-9-5-11-22-16)19-14-7-4-10-20(17(14)21)15-8-3-2-6-13(15)18/h2-3,6,8,12,14,16,19H,4-5,7,9-11H2,1H3/t12-,14-,16-/m0/s1. The van der Waals surface area contributed by atoms with Gasteiger partial charge in [-0.3, -0.25) is 4.79 Å². The summed E-state index contributed by atoms with van der Waals surface area (Å²) >= 11 is 0. The third-order valence-corrected chi connectivity index (χ3v) is 4.57. The van der Waals surface area contributed by atoms with Crippen molar-refractivity contribution in [3.05, 3.63) is 30.1 Å². The first-order chi connectivity index (χ1) is 10.7. The van der Waals surface area contributed by atoms with E-state index in [0.29, 0.717) is 12.2 Å². The topological polar surface area (TPSA) is 41.6 Å². The molecule has 1 aromatic rings. The normalized spacial score (nSPS) is 27.2. The lowest BCUT2D eigenvalue weighted by molar-refractivity contribution is -0.122. The molecule has 2 aliphatic rings. The van der Waals surface area contributed by atoms with E-state index in [1.54, 1.807) is 23.1 Å². The average molecular weight is 306 g/mol. The second-order valence-corrected chi connectivity index (χ2v) is 6.14. The molecule has 0 aliphatic carbocycles. The lowest BCUT2D eigenvalue weighted by Crippen LogP contribution is -2.55. The summed E-state index contributed by atoms with van der Waals surface area (Å²) in [5, 5.41) is 3.39. The molecular formula is C17H23FN2O2. The molecule has 120 valence electrons. The van der Waals surface area contributed by atoms with Crippen LogP contribution in [0.2, 0.25) is 0 Å². The summed E-state index contributed by atoms with van der Waals surface area (Å²) in [4.78, 5) is 14.3. The minimum atomic E-state index is -0.344. The van der Waals surface area contributed by atoms with Gasteiger partial charge in [0.1, 0.15) is 5.82 Å². The molecule has 1 amide bonds. The number of nitrogens with one attached hydrogen (secondary N) is 1. The first-order valence-corrected chi connectivity index (χ1v) is 8.10. The van der Waals surface area contributed by atoms with E-state index in [1.807, 2.05) is 0 Å². The Kier molecular flexibility index (Phi) is 4.74. The van der Waals surface area contributed by atoms with Gasteiger partial charge in [-0.25, -0.2) is 4.39 Å². The Morgan fingerprint density at radius 1 is 1.32 bits per heavy atom. The number of carbonyl (C=O) groups is 1. The summed E-state index contributed by atoms with van der Waals surface area (Å²) in [6.45, 7) is 3.44. The molecule has 4 nitrogen and oxygen atoms in total. The number of nitrogens with zero attached hydrogens (tertiary/aromatic N) is 1. The second kappa shape index (κ2) is 6.75. The van der Waals surface area contributed by atoms with Crippen LogP contribution in [0.15, 0.2) is 24.3 Å². The van der Waals surface area contributed by atoms with Gasteiger partial charge in [0.25, 0.3) is 0 Å². The van der Waals surface area contributed by atoms with Gasteiger partial charge in [-0.1, -0.05) is 12.1 Å². The molecule has 0 saturated carbocycles. The number of rotatable bonds is 4. The maximum Gasteiger partial charge on any atom is 0.244 e. The zero-order valence-corrected chi connectivity index (χ0v) is 12.9. The van der Waals surface area contributed by atoms with Gasteiger partial charge in [-0.05, 0) is 44.7 Å². The fourth-order valence-electron chi connectivity index (χ4n) is 3.36. The van der Waals surface area contributed by atoms with Crippen LogP contribution in [-0.4, -0.2) is 37.2 Å². The van der Waals surface area contributed by atoms with Crippen molar-refractivity contribution in [2.24, 2.45) is 0 Å². The Balaban J connectivity index is 1.68. The predicted molar refractivity (Wildman–Crippen MR) is 83.3 cm³/mol. The van der Waals surface area contributed by atoms with Crippen LogP contribution in [0.25, 0.3) is 0 Å². The van der Waals surface area contributed by atoms with E-state index in [9.17, 15) is 9.18 Å². The number of hydrogen-bond donors (Lipinski definition) is 1. The van der Waals surface area contributed by atoms with Gasteiger partial charge in [-0.15, -0.1) is 0 Å². The fourth-order valence-corrected chi connectivity index (χ4v) is 3.36. The van der Waals surface area contributed by atoms with Crippen LogP contribution in [0.4, 0.5) is 10.1 Å². The zero-order valence-electron chi connectivity index (χ0n) is 12.9. The molecule has 0 aromatic heterocycles. The van der Waals surface area contributed by atoms with Crippen LogP contribution in [-0.2, 0) is 9.53 Å². The molecule has 5 heteroatoms. The van der Waals surface area contributed by atoms with E-state index in [1.165, 1.54) is 6.07 Å². The SMILES string of the molecule is C[C@H](N[C@H]1CCCN(c2ccccc2F)C1=O)[C@@H]1CCCO1. The molecule has 22 heavy (non-hydrogen) atoms. The molecule has 1 aromatic carbocycles. The molecule has 0 spiro atoms. The van der Waals surface area contributed by atoms with Crippen LogP contribution in [0, 0.1) is 5.82 Å². The van der Waals surface area contributed by atoms with Crippen molar-refractivity contribution in [1.82, 2.24) is 5.32 Å². The minimum Gasteiger partial charge on any atom is -0.377 e. The van der Waals surface area contributed by atoms with E-state index in [4.69, 9.17) is 4.74 Å². The van der Waals surface area contributed by atoms with Crippen molar-refractivity contribution in [2.45, 2.75) is 50.8 Å². The highest BCUT2D eigenvalue weighted by molar-refractivity contribution is 5.98. The number of halogens is 1. The number of amides is 1. The van der Waals surface area contributed by atoms with Crippen molar-refractivity contribution in [3.63, 3.8) is 0 Å². The molecular weight excluding hydrogens is 283 g/mol. The Morgan fingerprint density at radius 3 is 2.86 bits per heavy atom. The monoisotopic (exact) mass is 306 g/mol. The average Bonchev–Trinajstić information content (AvgIpc) is 3.05. The van der Waals surface area contributed by atoms with Crippen LogP contribution in [0.5, 0.6) is 0 Å². The molecule has 0 unspecified atom stereocenters. The quantitative estimate of drug-likeness (QED) is 0.929. The van der Waals surface area contributed by atoms with E-state index in [0.717, 1.165) is 32.3 Å². The summed E-state index contributed by atoms with van der Waals surface area (Å²) in [6, 6.07) is 6.35. The Labute approximate surface area is 130 Å². The van der Waals surface area contributed by atoms with E-state index >= 15 is 0 Å². The van der Waals surface area contributed by atoms with Crippen LogP contribution >= 0.6 is 0 Å². The molecule has 2 aliphatic heterocycles. The van der Waals surface area contributed by atoms with Crippen LogP contribution in [0.3, 0.4) is 0 Å². The molecule has 0 bridgehead atoms. The summed E-state index contributed by atoms with van der Waals surface area (Å²) in [5.74, 6) is -0.384. The van der Waals surface area contributed by atoms with Crippen LogP contribution < -0.4 is 10.2 Å². The van der Waals surface area contributed by atoms with E-state index in [-0.39, 0.29) is 29.9 Å². The molecule has 0 radical (unpaired) electrons. The molecule has 2 heterocycles. The van der Waals surface area contributed by atoms with Gasteiger partial charge in [-0.2, -0.15) is 0 Å². The van der Waals surface area contributed by atoms with Gasteiger partial charge < -0.3 is 15.0 Å². The van der Waals surface area contributed by atoms with Crippen LogP contribution in [0.1, 0.15) is 32.6 Å². The molecule has 1 N–H and O–H groups in total. The van der Waals surface area contributed by atoms with Crippen molar-refractivity contribution < 1.29 is 13.9 Å². The number of anilines is 1. The highest BCUT2D eigenvalue weighted by atomic mass is 19.1. The molecule has 2 saturated heterocycles. The summed E-state index contributed by atoms with van der Waals surface area (Å²) in [5.41, 5.74) is 0.378. The minimum absolute atomic E-state index is 0.0406. The molecule has 3 atom stereocenters. The molecule has 3 rings (SSSR count). The lowest BCUT2D eigenvalue weighted by atomic mass is 10.0. The number of para-hydroxylation sites is 1. The number of piperidine rings is 1. The smallest absolute Gasteiger partial charge is 0.244 e. The van der Waals surface area contributed by atoms with Gasteiger partial charge in [0.15, 0.2) is 0 Å². The third kappa shape index (κ3) is 3.15. The Morgan fingerprint density at radius 2 is 2.14 bits per heavy atom. The van der Waals surface area contributed by atoms with E-state index < -0.39 is 0 Å². The fraction of sp³-hybridized carbons (Fsp3) is 0.588. The third-order valence-electron chi connectivity index (χ3n) is 4.57. The zero-order chi connectivity index (χ0) is 15.5. The highest BCUT2D eigenvalue weighted by Gasteiger charge is 2.33. The van der Waals surface area contributed by atoms with Gasteiger partial charge in [0.05, 0.1) is 17.8 Å².